The molecule has 0 aromatic heterocycles. The van der Waals surface area contributed by atoms with Gasteiger partial charge in [0.25, 0.3) is 0 Å². The van der Waals surface area contributed by atoms with Crippen molar-refractivity contribution in [1.82, 2.24) is 10.6 Å². The topological polar surface area (TPSA) is 54.9 Å². The Bertz CT molecular complexity index is 266. The molecule has 0 unspecified atom stereocenters. The predicted molar refractivity (Wildman–Crippen MR) is 83.3 cm³/mol. The van der Waals surface area contributed by atoms with Gasteiger partial charge in [0.1, 0.15) is 0 Å². The van der Waals surface area contributed by atoms with Crippen LogP contribution in [0.4, 0.5) is 0 Å². The summed E-state index contributed by atoms with van der Waals surface area (Å²) in [6, 6.07) is 0.448. The molecular formula is C15H31N3O2. The lowest BCUT2D eigenvalue weighted by Gasteiger charge is -2.16. The van der Waals surface area contributed by atoms with E-state index in [2.05, 4.69) is 36.4 Å². The first-order valence-corrected chi connectivity index (χ1v) is 8.00. The monoisotopic (exact) mass is 285 g/mol. The third-order valence-electron chi connectivity index (χ3n) is 3.38. The van der Waals surface area contributed by atoms with Crippen molar-refractivity contribution in [3.8, 4) is 0 Å². The Balaban J connectivity index is 2.09. The van der Waals surface area contributed by atoms with Crippen molar-refractivity contribution in [2.45, 2.75) is 58.6 Å². The quantitative estimate of drug-likeness (QED) is 0.386. The summed E-state index contributed by atoms with van der Waals surface area (Å²) in [6.45, 7) is 10.5. The van der Waals surface area contributed by atoms with Crippen molar-refractivity contribution in [2.75, 3.05) is 32.9 Å². The molecule has 0 radical (unpaired) electrons. The Morgan fingerprint density at radius 2 is 2.30 bits per heavy atom. The van der Waals surface area contributed by atoms with Gasteiger partial charge in [0.15, 0.2) is 5.96 Å². The fourth-order valence-corrected chi connectivity index (χ4v) is 2.00. The maximum absolute atomic E-state index is 5.63. The molecule has 1 heterocycles. The minimum Gasteiger partial charge on any atom is -0.379 e. The smallest absolute Gasteiger partial charge is 0.191 e. The van der Waals surface area contributed by atoms with Gasteiger partial charge in [0, 0.05) is 32.3 Å². The summed E-state index contributed by atoms with van der Waals surface area (Å²) in [7, 11) is 0. The molecule has 1 saturated heterocycles. The van der Waals surface area contributed by atoms with E-state index in [9.17, 15) is 0 Å². The van der Waals surface area contributed by atoms with Crippen LogP contribution >= 0.6 is 0 Å². The van der Waals surface area contributed by atoms with Crippen LogP contribution in [-0.4, -0.2) is 51.0 Å². The van der Waals surface area contributed by atoms with Crippen molar-refractivity contribution >= 4 is 5.96 Å². The summed E-state index contributed by atoms with van der Waals surface area (Å²) in [5.41, 5.74) is 0. The number of hydrogen-bond donors (Lipinski definition) is 2. The van der Waals surface area contributed by atoms with Gasteiger partial charge in [-0.3, -0.25) is 4.99 Å². The van der Waals surface area contributed by atoms with E-state index in [1.165, 1.54) is 6.42 Å². The minimum atomic E-state index is 0.322. The Morgan fingerprint density at radius 1 is 1.45 bits per heavy atom. The number of hydrogen-bond acceptors (Lipinski definition) is 3. The first-order chi connectivity index (χ1) is 9.76. The zero-order valence-corrected chi connectivity index (χ0v) is 13.3. The second-order valence-corrected chi connectivity index (χ2v) is 5.28. The van der Waals surface area contributed by atoms with Gasteiger partial charge < -0.3 is 20.1 Å². The molecule has 0 spiro atoms. The highest BCUT2D eigenvalue weighted by Crippen LogP contribution is 2.11. The van der Waals surface area contributed by atoms with Gasteiger partial charge in [0.05, 0.1) is 12.7 Å². The fourth-order valence-electron chi connectivity index (χ4n) is 2.00. The maximum Gasteiger partial charge on any atom is 0.191 e. The first kappa shape index (κ1) is 17.2. The van der Waals surface area contributed by atoms with Crippen LogP contribution in [0.5, 0.6) is 0 Å². The highest BCUT2D eigenvalue weighted by Gasteiger charge is 2.14. The molecule has 118 valence electrons. The summed E-state index contributed by atoms with van der Waals surface area (Å²) < 4.78 is 11.1. The number of nitrogens with one attached hydrogen (secondary N) is 2. The molecule has 0 saturated carbocycles. The van der Waals surface area contributed by atoms with Gasteiger partial charge in [-0.05, 0) is 39.5 Å². The first-order valence-electron chi connectivity index (χ1n) is 8.00. The predicted octanol–water partition coefficient (Wildman–Crippen LogP) is 1.93. The molecule has 0 aliphatic carbocycles. The number of rotatable bonds is 9. The zero-order valence-electron chi connectivity index (χ0n) is 13.3. The van der Waals surface area contributed by atoms with Gasteiger partial charge in [-0.15, -0.1) is 0 Å². The number of nitrogens with zero attached hydrogens (tertiary/aromatic N) is 1. The van der Waals surface area contributed by atoms with Crippen molar-refractivity contribution in [2.24, 2.45) is 4.99 Å². The van der Waals surface area contributed by atoms with Crippen molar-refractivity contribution in [3.63, 3.8) is 0 Å². The molecule has 0 aromatic carbocycles. The van der Waals surface area contributed by atoms with E-state index < -0.39 is 0 Å². The normalized spacial score (nSPS) is 20.9. The Hall–Kier alpha value is -0.810. The summed E-state index contributed by atoms with van der Waals surface area (Å²) in [5, 5.41) is 6.64. The molecule has 0 amide bonds. The number of guanidine groups is 1. The molecule has 5 nitrogen and oxygen atoms in total. The molecule has 0 bridgehead atoms. The highest BCUT2D eigenvalue weighted by molar-refractivity contribution is 5.79. The molecule has 1 aliphatic rings. The van der Waals surface area contributed by atoms with Crippen LogP contribution in [0.2, 0.25) is 0 Å². The number of aliphatic imine (C=N–C) groups is 1. The minimum absolute atomic E-state index is 0.322. The van der Waals surface area contributed by atoms with Crippen molar-refractivity contribution in [3.05, 3.63) is 0 Å². The van der Waals surface area contributed by atoms with Crippen molar-refractivity contribution in [1.29, 1.82) is 0 Å². The summed E-state index contributed by atoms with van der Waals surface area (Å²) in [4.78, 5) is 4.55. The molecular weight excluding hydrogens is 254 g/mol. The molecule has 5 heteroatoms. The summed E-state index contributed by atoms with van der Waals surface area (Å²) >= 11 is 0. The second kappa shape index (κ2) is 10.9. The SMILES string of the molecule is CCNC(=NCCCOC[C@@H]1CCCO1)N[C@@H](C)CC. The Labute approximate surface area is 123 Å². The van der Waals surface area contributed by atoms with E-state index in [0.29, 0.717) is 12.1 Å². The molecule has 2 N–H and O–H groups in total. The molecule has 1 rings (SSSR count). The van der Waals surface area contributed by atoms with Gasteiger partial charge in [-0.1, -0.05) is 6.92 Å². The standard InChI is InChI=1S/C15H31N3O2/c1-4-13(3)18-15(16-5-2)17-9-7-10-19-12-14-8-6-11-20-14/h13-14H,4-12H2,1-3H3,(H2,16,17,18)/t13-,14-/m0/s1. The lowest BCUT2D eigenvalue weighted by atomic mass is 10.2. The number of ether oxygens (including phenoxy) is 2. The van der Waals surface area contributed by atoms with E-state index in [0.717, 1.165) is 58.1 Å². The lowest BCUT2D eigenvalue weighted by Crippen LogP contribution is -2.42. The van der Waals surface area contributed by atoms with Crippen molar-refractivity contribution < 1.29 is 9.47 Å². The lowest BCUT2D eigenvalue weighted by molar-refractivity contribution is 0.0171. The van der Waals surface area contributed by atoms with E-state index in [1.807, 2.05) is 0 Å². The van der Waals surface area contributed by atoms with Crippen LogP contribution in [0.3, 0.4) is 0 Å². The van der Waals surface area contributed by atoms with Crippen LogP contribution in [0.15, 0.2) is 4.99 Å². The largest absolute Gasteiger partial charge is 0.379 e. The third-order valence-corrected chi connectivity index (χ3v) is 3.38. The van der Waals surface area contributed by atoms with Crippen LogP contribution < -0.4 is 10.6 Å². The van der Waals surface area contributed by atoms with Crippen LogP contribution in [0.1, 0.15) is 46.5 Å². The maximum atomic E-state index is 5.63. The highest BCUT2D eigenvalue weighted by atomic mass is 16.5. The molecule has 1 aliphatic heterocycles. The van der Waals surface area contributed by atoms with Crippen LogP contribution in [0.25, 0.3) is 0 Å². The third kappa shape index (κ3) is 7.70. The second-order valence-electron chi connectivity index (χ2n) is 5.28. The van der Waals surface area contributed by atoms with Gasteiger partial charge >= 0.3 is 0 Å². The van der Waals surface area contributed by atoms with Gasteiger partial charge in [-0.25, -0.2) is 0 Å². The van der Waals surface area contributed by atoms with E-state index in [4.69, 9.17) is 9.47 Å². The zero-order chi connectivity index (χ0) is 14.6. The molecule has 20 heavy (non-hydrogen) atoms. The summed E-state index contributed by atoms with van der Waals surface area (Å²) in [6.07, 6.45) is 4.68. The fraction of sp³-hybridized carbons (Fsp3) is 0.933. The van der Waals surface area contributed by atoms with E-state index in [1.54, 1.807) is 0 Å². The van der Waals surface area contributed by atoms with Crippen LogP contribution in [-0.2, 0) is 9.47 Å². The van der Waals surface area contributed by atoms with E-state index in [-0.39, 0.29) is 0 Å². The van der Waals surface area contributed by atoms with Crippen LogP contribution in [0, 0.1) is 0 Å². The average Bonchev–Trinajstić information content (AvgIpc) is 2.95. The van der Waals surface area contributed by atoms with Gasteiger partial charge in [-0.2, -0.15) is 0 Å². The average molecular weight is 285 g/mol. The molecule has 0 aromatic rings. The Morgan fingerprint density at radius 3 is 2.95 bits per heavy atom. The molecule has 2 atom stereocenters. The summed E-state index contributed by atoms with van der Waals surface area (Å²) in [5.74, 6) is 0.904. The van der Waals surface area contributed by atoms with E-state index >= 15 is 0 Å². The van der Waals surface area contributed by atoms with Gasteiger partial charge in [0.2, 0.25) is 0 Å². The Kier molecular flexibility index (Phi) is 9.41. The molecule has 1 fully saturated rings.